The summed E-state index contributed by atoms with van der Waals surface area (Å²) in [4.78, 5) is 11.5. The Hall–Kier alpha value is -2.02. The molecule has 0 heterocycles. The maximum absolute atomic E-state index is 12.2. The SMILES string of the molecule is CC(=O)c1ccc(-c2ccc(S(=O)(=O)NCCCCCO)cc2)cc1. The molecule has 0 atom stereocenters. The summed E-state index contributed by atoms with van der Waals surface area (Å²) >= 11 is 0. The molecule has 0 aliphatic heterocycles. The number of benzene rings is 2. The van der Waals surface area contributed by atoms with Gasteiger partial charge in [0.1, 0.15) is 0 Å². The van der Waals surface area contributed by atoms with Crippen molar-refractivity contribution in [2.75, 3.05) is 13.2 Å². The van der Waals surface area contributed by atoms with Gasteiger partial charge in [0.15, 0.2) is 5.78 Å². The van der Waals surface area contributed by atoms with Gasteiger partial charge in [0.2, 0.25) is 10.0 Å². The molecule has 2 aromatic carbocycles. The number of carbonyl (C=O) groups excluding carboxylic acids is 1. The molecule has 0 fully saturated rings. The van der Waals surface area contributed by atoms with Crippen LogP contribution in [0, 0.1) is 0 Å². The van der Waals surface area contributed by atoms with E-state index in [1.54, 1.807) is 36.4 Å². The topological polar surface area (TPSA) is 83.5 Å². The molecule has 25 heavy (non-hydrogen) atoms. The Bertz CT molecular complexity index is 796. The molecule has 0 radical (unpaired) electrons. The van der Waals surface area contributed by atoms with Gasteiger partial charge in [-0.15, -0.1) is 0 Å². The minimum atomic E-state index is -3.52. The average Bonchev–Trinajstić information content (AvgIpc) is 2.62. The third-order valence-corrected chi connectivity index (χ3v) is 5.39. The molecule has 0 amide bonds. The number of aliphatic hydroxyl groups is 1. The number of hydrogen-bond acceptors (Lipinski definition) is 4. The third kappa shape index (κ3) is 5.49. The van der Waals surface area contributed by atoms with E-state index in [4.69, 9.17) is 5.11 Å². The van der Waals surface area contributed by atoms with E-state index in [1.165, 1.54) is 6.92 Å². The molecule has 0 saturated heterocycles. The fourth-order valence-corrected chi connectivity index (χ4v) is 3.50. The zero-order valence-corrected chi connectivity index (χ0v) is 15.1. The molecule has 2 aromatic rings. The van der Waals surface area contributed by atoms with Crippen LogP contribution in [0.5, 0.6) is 0 Å². The molecule has 2 N–H and O–H groups in total. The molecule has 134 valence electrons. The first kappa shape index (κ1) is 19.3. The van der Waals surface area contributed by atoms with Gasteiger partial charge in [-0.05, 0) is 49.4 Å². The summed E-state index contributed by atoms with van der Waals surface area (Å²) < 4.78 is 27.0. The van der Waals surface area contributed by atoms with E-state index in [2.05, 4.69) is 4.72 Å². The number of sulfonamides is 1. The zero-order valence-electron chi connectivity index (χ0n) is 14.2. The summed E-state index contributed by atoms with van der Waals surface area (Å²) in [6.45, 7) is 2.00. The molecule has 0 unspecified atom stereocenters. The minimum absolute atomic E-state index is 0.0121. The molecule has 0 aliphatic carbocycles. The van der Waals surface area contributed by atoms with E-state index in [0.29, 0.717) is 24.9 Å². The second-order valence-electron chi connectivity index (χ2n) is 5.84. The first-order chi connectivity index (χ1) is 11.9. The zero-order chi connectivity index (χ0) is 18.3. The van der Waals surface area contributed by atoms with Crippen LogP contribution in [0.4, 0.5) is 0 Å². The van der Waals surface area contributed by atoms with Gasteiger partial charge in [-0.3, -0.25) is 4.79 Å². The number of rotatable bonds is 9. The summed E-state index contributed by atoms with van der Waals surface area (Å²) in [5.41, 5.74) is 2.45. The van der Waals surface area contributed by atoms with E-state index >= 15 is 0 Å². The predicted octanol–water partition coefficient (Wildman–Crippen LogP) is 3.00. The number of nitrogens with one attached hydrogen (secondary N) is 1. The molecule has 0 saturated carbocycles. The summed E-state index contributed by atoms with van der Waals surface area (Å²) in [5.74, 6) is 0.0121. The fourth-order valence-electron chi connectivity index (χ4n) is 2.43. The number of unbranched alkanes of at least 4 members (excludes halogenated alkanes) is 2. The molecular weight excluding hydrogens is 338 g/mol. The summed E-state index contributed by atoms with van der Waals surface area (Å²) in [6.07, 6.45) is 2.16. The molecular formula is C19H23NO4S. The lowest BCUT2D eigenvalue weighted by atomic mass is 10.0. The lowest BCUT2D eigenvalue weighted by molar-refractivity contribution is 0.101. The standard InChI is InChI=1S/C19H23NO4S/c1-15(22)16-5-7-17(8-6-16)18-9-11-19(12-10-18)25(23,24)20-13-3-2-4-14-21/h5-12,20-21H,2-4,13-14H2,1H3. The van der Waals surface area contributed by atoms with E-state index in [9.17, 15) is 13.2 Å². The summed E-state index contributed by atoms with van der Waals surface area (Å²) in [6, 6.07) is 13.9. The Morgan fingerprint density at radius 3 is 2.00 bits per heavy atom. The lowest BCUT2D eigenvalue weighted by Gasteiger charge is -2.08. The minimum Gasteiger partial charge on any atom is -0.396 e. The largest absolute Gasteiger partial charge is 0.396 e. The van der Waals surface area contributed by atoms with Gasteiger partial charge in [-0.25, -0.2) is 13.1 Å². The molecule has 2 rings (SSSR count). The third-order valence-electron chi connectivity index (χ3n) is 3.92. The van der Waals surface area contributed by atoms with Crippen molar-refractivity contribution in [1.29, 1.82) is 0 Å². The van der Waals surface area contributed by atoms with Crippen molar-refractivity contribution in [3.05, 3.63) is 54.1 Å². The number of aliphatic hydroxyl groups excluding tert-OH is 1. The highest BCUT2D eigenvalue weighted by molar-refractivity contribution is 7.89. The Labute approximate surface area is 148 Å². The second-order valence-corrected chi connectivity index (χ2v) is 7.61. The molecule has 0 aliphatic rings. The Morgan fingerprint density at radius 2 is 1.48 bits per heavy atom. The Morgan fingerprint density at radius 1 is 0.920 bits per heavy atom. The highest BCUT2D eigenvalue weighted by Crippen LogP contribution is 2.22. The quantitative estimate of drug-likeness (QED) is 0.531. The first-order valence-electron chi connectivity index (χ1n) is 8.26. The smallest absolute Gasteiger partial charge is 0.240 e. The van der Waals surface area contributed by atoms with E-state index in [1.807, 2.05) is 12.1 Å². The maximum Gasteiger partial charge on any atom is 0.240 e. The van der Waals surface area contributed by atoms with Crippen LogP contribution in [-0.4, -0.2) is 32.5 Å². The van der Waals surface area contributed by atoms with Gasteiger partial charge in [0.25, 0.3) is 0 Å². The summed E-state index contributed by atoms with van der Waals surface area (Å²) in [7, 11) is -3.52. The average molecular weight is 361 g/mol. The Kier molecular flexibility index (Phi) is 6.87. The van der Waals surface area contributed by atoms with E-state index < -0.39 is 10.0 Å². The van der Waals surface area contributed by atoms with Crippen molar-refractivity contribution in [3.8, 4) is 11.1 Å². The highest BCUT2D eigenvalue weighted by atomic mass is 32.2. The van der Waals surface area contributed by atoms with Crippen molar-refractivity contribution in [3.63, 3.8) is 0 Å². The second kappa shape index (κ2) is 8.89. The first-order valence-corrected chi connectivity index (χ1v) is 9.74. The molecule has 0 aromatic heterocycles. The highest BCUT2D eigenvalue weighted by Gasteiger charge is 2.13. The van der Waals surface area contributed by atoms with Crippen LogP contribution in [0.1, 0.15) is 36.5 Å². The van der Waals surface area contributed by atoms with Crippen LogP contribution in [0.15, 0.2) is 53.4 Å². The van der Waals surface area contributed by atoms with E-state index in [-0.39, 0.29) is 17.3 Å². The maximum atomic E-state index is 12.2. The van der Waals surface area contributed by atoms with Gasteiger partial charge < -0.3 is 5.11 Å². The van der Waals surface area contributed by atoms with Gasteiger partial charge in [-0.2, -0.15) is 0 Å². The number of carbonyl (C=O) groups is 1. The predicted molar refractivity (Wildman–Crippen MR) is 98.0 cm³/mol. The molecule has 5 nitrogen and oxygen atoms in total. The van der Waals surface area contributed by atoms with Crippen molar-refractivity contribution >= 4 is 15.8 Å². The molecule has 0 bridgehead atoms. The van der Waals surface area contributed by atoms with Gasteiger partial charge in [0.05, 0.1) is 4.90 Å². The number of Topliss-reactive ketones (excluding diaryl/α,β-unsaturated/α-hetero) is 1. The Balaban J connectivity index is 2.04. The van der Waals surface area contributed by atoms with E-state index in [0.717, 1.165) is 17.5 Å². The van der Waals surface area contributed by atoms with Crippen LogP contribution in [0.2, 0.25) is 0 Å². The normalized spacial score (nSPS) is 11.4. The van der Waals surface area contributed by atoms with Crippen molar-refractivity contribution < 1.29 is 18.3 Å². The van der Waals surface area contributed by atoms with Crippen molar-refractivity contribution in [2.45, 2.75) is 31.1 Å². The van der Waals surface area contributed by atoms with Crippen molar-refractivity contribution in [2.24, 2.45) is 0 Å². The molecule has 0 spiro atoms. The number of hydrogen-bond donors (Lipinski definition) is 2. The van der Waals surface area contributed by atoms with Gasteiger partial charge >= 0.3 is 0 Å². The monoisotopic (exact) mass is 361 g/mol. The molecule has 6 heteroatoms. The van der Waals surface area contributed by atoms with Crippen LogP contribution in [0.3, 0.4) is 0 Å². The van der Waals surface area contributed by atoms with Crippen LogP contribution >= 0.6 is 0 Å². The number of ketones is 1. The fraction of sp³-hybridized carbons (Fsp3) is 0.316. The van der Waals surface area contributed by atoms with Crippen LogP contribution < -0.4 is 4.72 Å². The summed E-state index contributed by atoms with van der Waals surface area (Å²) in [5, 5.41) is 8.71. The van der Waals surface area contributed by atoms with Gasteiger partial charge in [0, 0.05) is 18.7 Å². The van der Waals surface area contributed by atoms with Crippen molar-refractivity contribution in [1.82, 2.24) is 4.72 Å². The lowest BCUT2D eigenvalue weighted by Crippen LogP contribution is -2.24. The van der Waals surface area contributed by atoms with Gasteiger partial charge in [-0.1, -0.05) is 36.4 Å². The van der Waals surface area contributed by atoms with Crippen LogP contribution in [-0.2, 0) is 10.0 Å². The van der Waals surface area contributed by atoms with Crippen LogP contribution in [0.25, 0.3) is 11.1 Å².